The van der Waals surface area contributed by atoms with Gasteiger partial charge in [0, 0.05) is 26.4 Å². The fraction of sp³-hybridized carbons (Fsp3) is 0.833. The second-order valence-corrected chi connectivity index (χ2v) is 6.70. The van der Waals surface area contributed by atoms with E-state index in [1.54, 1.807) is 23.1 Å². The van der Waals surface area contributed by atoms with Crippen LogP contribution in [0.5, 0.6) is 0 Å². The van der Waals surface area contributed by atoms with Crippen LogP contribution in [0.15, 0.2) is 4.34 Å². The highest BCUT2D eigenvalue weighted by molar-refractivity contribution is 8.01. The summed E-state index contributed by atoms with van der Waals surface area (Å²) < 4.78 is 1.06. The quantitative estimate of drug-likeness (QED) is 0.529. The number of hydrogen-bond acceptors (Lipinski definition) is 6. The van der Waals surface area contributed by atoms with Crippen LogP contribution >= 0.6 is 23.1 Å². The summed E-state index contributed by atoms with van der Waals surface area (Å²) in [6.07, 6.45) is 5.30. The molecule has 6 heteroatoms. The van der Waals surface area contributed by atoms with Gasteiger partial charge in [0.15, 0.2) is 4.34 Å². The van der Waals surface area contributed by atoms with E-state index < -0.39 is 0 Å². The fourth-order valence-corrected chi connectivity index (χ4v) is 3.18. The summed E-state index contributed by atoms with van der Waals surface area (Å²) in [5.41, 5.74) is 0. The molecule has 1 N–H and O–H groups in total. The minimum Gasteiger partial charge on any atom is -0.353 e. The summed E-state index contributed by atoms with van der Waals surface area (Å²) in [6.45, 7) is 4.43. The summed E-state index contributed by atoms with van der Waals surface area (Å²) in [5.74, 6) is 1.07. The van der Waals surface area contributed by atoms with Gasteiger partial charge in [-0.1, -0.05) is 49.3 Å². The van der Waals surface area contributed by atoms with Crippen molar-refractivity contribution >= 4 is 28.2 Å². The van der Waals surface area contributed by atoms with Gasteiger partial charge in [-0.05, 0) is 13.0 Å². The van der Waals surface area contributed by atoms with Gasteiger partial charge in [0.1, 0.15) is 0 Å². The molecule has 1 aromatic heterocycles. The number of anilines is 1. The van der Waals surface area contributed by atoms with Gasteiger partial charge in [-0.2, -0.15) is 0 Å². The average Bonchev–Trinajstić information content (AvgIpc) is 2.81. The number of aromatic nitrogens is 2. The van der Waals surface area contributed by atoms with Crippen LogP contribution in [0, 0.1) is 0 Å². The Labute approximate surface area is 119 Å². The Hall–Kier alpha value is -0.330. The molecule has 0 atom stereocenters. The minimum atomic E-state index is 0.977. The molecular formula is C12H24N4S2. The van der Waals surface area contributed by atoms with Gasteiger partial charge >= 0.3 is 0 Å². The molecule has 0 amide bonds. The topological polar surface area (TPSA) is 41.1 Å². The Bertz CT molecular complexity index is 315. The van der Waals surface area contributed by atoms with Gasteiger partial charge in [0.25, 0.3) is 0 Å². The Kier molecular flexibility index (Phi) is 8.37. The second-order valence-electron chi connectivity index (χ2n) is 4.40. The van der Waals surface area contributed by atoms with Gasteiger partial charge in [-0.15, -0.1) is 10.2 Å². The molecular weight excluding hydrogens is 264 g/mol. The number of rotatable bonds is 10. The van der Waals surface area contributed by atoms with Crippen LogP contribution < -0.4 is 10.2 Å². The van der Waals surface area contributed by atoms with Crippen LogP contribution in [0.4, 0.5) is 5.13 Å². The molecule has 0 saturated heterocycles. The summed E-state index contributed by atoms with van der Waals surface area (Å²) in [4.78, 5) is 1.99. The molecule has 0 saturated carbocycles. The molecule has 1 heterocycles. The molecule has 0 bridgehead atoms. The third-order valence-electron chi connectivity index (χ3n) is 2.49. The molecule has 4 nitrogen and oxygen atoms in total. The predicted octanol–water partition coefficient (Wildman–Crippen LogP) is 2.87. The summed E-state index contributed by atoms with van der Waals surface area (Å²) in [6, 6.07) is 0. The third kappa shape index (κ3) is 6.56. The lowest BCUT2D eigenvalue weighted by Gasteiger charge is -2.04. The van der Waals surface area contributed by atoms with E-state index in [-0.39, 0.29) is 0 Å². The van der Waals surface area contributed by atoms with E-state index >= 15 is 0 Å². The molecule has 0 aliphatic rings. The van der Waals surface area contributed by atoms with Crippen LogP contribution in [0.2, 0.25) is 0 Å². The number of nitrogens with zero attached hydrogens (tertiary/aromatic N) is 3. The van der Waals surface area contributed by atoms with Gasteiger partial charge < -0.3 is 10.2 Å². The maximum absolute atomic E-state index is 4.16. The highest BCUT2D eigenvalue weighted by Gasteiger charge is 2.05. The van der Waals surface area contributed by atoms with Crippen molar-refractivity contribution in [1.82, 2.24) is 15.5 Å². The molecule has 0 unspecified atom stereocenters. The molecule has 1 rings (SSSR count). The Morgan fingerprint density at radius 3 is 2.67 bits per heavy atom. The summed E-state index contributed by atoms with van der Waals surface area (Å²) >= 11 is 3.44. The standard InChI is InChI=1S/C12H24N4S2/c1-4-5-6-7-8-13-9-10-17-12-15-14-11(18-12)16(2)3/h13H,4-10H2,1-3H3. The number of unbranched alkanes of at least 4 members (excludes halogenated alkanes) is 3. The first-order valence-electron chi connectivity index (χ1n) is 6.58. The third-order valence-corrected chi connectivity index (χ3v) is 4.72. The Morgan fingerprint density at radius 1 is 1.17 bits per heavy atom. The number of hydrogen-bond donors (Lipinski definition) is 1. The molecule has 18 heavy (non-hydrogen) atoms. The zero-order chi connectivity index (χ0) is 13.2. The van der Waals surface area contributed by atoms with Crippen molar-refractivity contribution in [2.75, 3.05) is 37.8 Å². The van der Waals surface area contributed by atoms with Gasteiger partial charge in [-0.3, -0.25) is 0 Å². The zero-order valence-electron chi connectivity index (χ0n) is 11.6. The first kappa shape index (κ1) is 15.7. The first-order chi connectivity index (χ1) is 8.74. The summed E-state index contributed by atoms with van der Waals surface area (Å²) in [7, 11) is 3.99. The van der Waals surface area contributed by atoms with E-state index in [0.29, 0.717) is 0 Å². The highest BCUT2D eigenvalue weighted by Crippen LogP contribution is 2.26. The summed E-state index contributed by atoms with van der Waals surface area (Å²) in [5, 5.41) is 12.7. The van der Waals surface area contributed by atoms with Gasteiger partial charge in [0.2, 0.25) is 5.13 Å². The molecule has 1 aromatic rings. The molecule has 0 fully saturated rings. The largest absolute Gasteiger partial charge is 0.353 e. The van der Waals surface area contributed by atoms with E-state index in [9.17, 15) is 0 Å². The van der Waals surface area contributed by atoms with Crippen molar-refractivity contribution < 1.29 is 0 Å². The van der Waals surface area contributed by atoms with Crippen molar-refractivity contribution in [3.63, 3.8) is 0 Å². The van der Waals surface area contributed by atoms with Crippen molar-refractivity contribution in [3.05, 3.63) is 0 Å². The predicted molar refractivity (Wildman–Crippen MR) is 82.0 cm³/mol. The molecule has 0 aliphatic heterocycles. The van der Waals surface area contributed by atoms with Crippen LogP contribution in [0.25, 0.3) is 0 Å². The highest BCUT2D eigenvalue weighted by atomic mass is 32.2. The van der Waals surface area contributed by atoms with E-state index in [0.717, 1.165) is 28.3 Å². The van der Waals surface area contributed by atoms with Crippen molar-refractivity contribution in [2.45, 2.75) is 36.9 Å². The van der Waals surface area contributed by atoms with Crippen LogP contribution in [0.1, 0.15) is 32.6 Å². The van der Waals surface area contributed by atoms with E-state index in [1.807, 2.05) is 19.0 Å². The number of thioether (sulfide) groups is 1. The van der Waals surface area contributed by atoms with Crippen LogP contribution in [0.3, 0.4) is 0 Å². The van der Waals surface area contributed by atoms with Gasteiger partial charge in [-0.25, -0.2) is 0 Å². The molecule has 0 radical (unpaired) electrons. The molecule has 0 spiro atoms. The van der Waals surface area contributed by atoms with Crippen molar-refractivity contribution in [3.8, 4) is 0 Å². The maximum atomic E-state index is 4.16. The lowest BCUT2D eigenvalue weighted by atomic mass is 10.2. The van der Waals surface area contributed by atoms with Gasteiger partial charge in [0.05, 0.1) is 0 Å². The molecule has 104 valence electrons. The monoisotopic (exact) mass is 288 g/mol. The second kappa shape index (κ2) is 9.58. The first-order valence-corrected chi connectivity index (χ1v) is 8.38. The van der Waals surface area contributed by atoms with E-state index in [1.165, 1.54) is 25.7 Å². The lowest BCUT2D eigenvalue weighted by molar-refractivity contribution is 0.613. The zero-order valence-corrected chi connectivity index (χ0v) is 13.2. The van der Waals surface area contributed by atoms with Crippen LogP contribution in [-0.2, 0) is 0 Å². The van der Waals surface area contributed by atoms with Crippen LogP contribution in [-0.4, -0.2) is 43.1 Å². The Morgan fingerprint density at radius 2 is 2.00 bits per heavy atom. The maximum Gasteiger partial charge on any atom is 0.208 e. The van der Waals surface area contributed by atoms with Crippen molar-refractivity contribution in [2.24, 2.45) is 0 Å². The Balaban J connectivity index is 2.00. The molecule has 0 aromatic carbocycles. The lowest BCUT2D eigenvalue weighted by Crippen LogP contribution is -2.18. The SMILES string of the molecule is CCCCCCNCCSc1nnc(N(C)C)s1. The number of nitrogens with one attached hydrogen (secondary N) is 1. The average molecular weight is 288 g/mol. The van der Waals surface area contributed by atoms with Crippen molar-refractivity contribution in [1.29, 1.82) is 0 Å². The molecule has 0 aliphatic carbocycles. The fourth-order valence-electron chi connectivity index (χ4n) is 1.45. The smallest absolute Gasteiger partial charge is 0.208 e. The van der Waals surface area contributed by atoms with E-state index in [2.05, 4.69) is 22.4 Å². The normalized spacial score (nSPS) is 10.8. The minimum absolute atomic E-state index is 0.977. The van der Waals surface area contributed by atoms with E-state index in [4.69, 9.17) is 0 Å².